The molecule has 1 aromatic heterocycles. The number of fused-ring (bicyclic) bond motifs is 1. The quantitative estimate of drug-likeness (QED) is 0.306. The van der Waals surface area contributed by atoms with Gasteiger partial charge in [-0.05, 0) is 61.6 Å². The number of benzene rings is 2. The molecular weight excluding hydrogens is 470 g/mol. The lowest BCUT2D eigenvalue weighted by atomic mass is 10.0. The van der Waals surface area contributed by atoms with Crippen LogP contribution >= 0.6 is 11.6 Å². The van der Waals surface area contributed by atoms with Crippen molar-refractivity contribution in [3.63, 3.8) is 0 Å². The van der Waals surface area contributed by atoms with Crippen molar-refractivity contribution in [2.24, 2.45) is 0 Å². The monoisotopic (exact) mass is 503 g/mol. The van der Waals surface area contributed by atoms with Crippen molar-refractivity contribution in [3.8, 4) is 0 Å². The molecule has 1 heterocycles. The Hall–Kier alpha value is -2.38. The summed E-state index contributed by atoms with van der Waals surface area (Å²) in [4.78, 5) is 17.2. The standard InChI is InChI=1S/C26H34ClN3O3S/c1-4-6-8-9-10-20-11-12-22(23(27)16-20)18-30-19(3)28-24-14-13-21(17-25(24)30)26(31)29-34(32,33)15-7-5-2/h11-14,16-17H,4-10,15,18H2,1-3H3,(H,29,31). The summed E-state index contributed by atoms with van der Waals surface area (Å²) in [6.45, 7) is 6.53. The molecule has 1 amide bonds. The number of amides is 1. The highest BCUT2D eigenvalue weighted by molar-refractivity contribution is 7.90. The summed E-state index contributed by atoms with van der Waals surface area (Å²) in [7, 11) is -3.66. The van der Waals surface area contributed by atoms with Crippen LogP contribution in [-0.2, 0) is 23.0 Å². The zero-order valence-corrected chi connectivity index (χ0v) is 21.8. The molecule has 0 aliphatic rings. The maximum atomic E-state index is 12.6. The fraction of sp³-hybridized carbons (Fsp3) is 0.462. The van der Waals surface area contributed by atoms with E-state index >= 15 is 0 Å². The first-order chi connectivity index (χ1) is 16.2. The molecule has 0 saturated carbocycles. The third kappa shape index (κ3) is 6.83. The molecule has 0 aliphatic heterocycles. The second-order valence-corrected chi connectivity index (χ2v) is 11.0. The highest BCUT2D eigenvalue weighted by Crippen LogP contribution is 2.24. The van der Waals surface area contributed by atoms with Gasteiger partial charge in [-0.25, -0.2) is 18.1 Å². The predicted molar refractivity (Wildman–Crippen MR) is 139 cm³/mol. The Morgan fingerprint density at radius 3 is 2.50 bits per heavy atom. The summed E-state index contributed by atoms with van der Waals surface area (Å²) in [5.41, 5.74) is 3.99. The molecule has 6 nitrogen and oxygen atoms in total. The Labute approximate surface area is 207 Å². The van der Waals surface area contributed by atoms with Gasteiger partial charge in [-0.1, -0.05) is 63.3 Å². The van der Waals surface area contributed by atoms with Crippen LogP contribution in [0.2, 0.25) is 5.02 Å². The van der Waals surface area contributed by atoms with Gasteiger partial charge in [0.15, 0.2) is 0 Å². The Balaban J connectivity index is 1.81. The first kappa shape index (κ1) is 26.2. The van der Waals surface area contributed by atoms with Crippen LogP contribution in [0.1, 0.15) is 79.7 Å². The summed E-state index contributed by atoms with van der Waals surface area (Å²) in [5, 5.41) is 0.713. The molecule has 3 rings (SSSR count). The van der Waals surface area contributed by atoms with E-state index in [9.17, 15) is 13.2 Å². The van der Waals surface area contributed by atoms with Crippen LogP contribution in [0.15, 0.2) is 36.4 Å². The van der Waals surface area contributed by atoms with E-state index in [1.54, 1.807) is 18.2 Å². The topological polar surface area (TPSA) is 81.1 Å². The molecule has 0 fully saturated rings. The third-order valence-corrected chi connectivity index (χ3v) is 7.66. The number of rotatable bonds is 12. The largest absolute Gasteiger partial charge is 0.324 e. The fourth-order valence-corrected chi connectivity index (χ4v) is 5.40. The molecule has 3 aromatic rings. The van der Waals surface area contributed by atoms with Gasteiger partial charge < -0.3 is 4.57 Å². The number of halogens is 1. The summed E-state index contributed by atoms with van der Waals surface area (Å²) >= 11 is 6.62. The van der Waals surface area contributed by atoms with Gasteiger partial charge in [-0.3, -0.25) is 4.79 Å². The Kier molecular flexibility index (Phi) is 9.14. The van der Waals surface area contributed by atoms with Crippen molar-refractivity contribution in [1.29, 1.82) is 0 Å². The van der Waals surface area contributed by atoms with Crippen molar-refractivity contribution in [2.45, 2.75) is 72.3 Å². The number of unbranched alkanes of at least 4 members (excludes halogenated alkanes) is 4. The number of sulfonamides is 1. The molecule has 0 unspecified atom stereocenters. The molecule has 0 saturated heterocycles. The van der Waals surface area contributed by atoms with E-state index in [4.69, 9.17) is 11.6 Å². The van der Waals surface area contributed by atoms with Gasteiger partial charge in [0, 0.05) is 10.6 Å². The van der Waals surface area contributed by atoms with Crippen molar-refractivity contribution in [2.75, 3.05) is 5.75 Å². The van der Waals surface area contributed by atoms with Crippen LogP contribution in [0.5, 0.6) is 0 Å². The van der Waals surface area contributed by atoms with Gasteiger partial charge in [0.1, 0.15) is 5.82 Å². The minimum atomic E-state index is -3.66. The lowest BCUT2D eigenvalue weighted by Crippen LogP contribution is -2.32. The smallest absolute Gasteiger partial charge is 0.264 e. The molecule has 184 valence electrons. The summed E-state index contributed by atoms with van der Waals surface area (Å²) < 4.78 is 28.5. The van der Waals surface area contributed by atoms with Crippen LogP contribution < -0.4 is 4.72 Å². The number of nitrogens with zero attached hydrogens (tertiary/aromatic N) is 2. The Morgan fingerprint density at radius 2 is 1.79 bits per heavy atom. The van der Waals surface area contributed by atoms with E-state index in [1.807, 2.05) is 24.5 Å². The Bertz CT molecular complexity index is 1250. The molecule has 8 heteroatoms. The van der Waals surface area contributed by atoms with Gasteiger partial charge in [0.05, 0.1) is 23.3 Å². The van der Waals surface area contributed by atoms with Gasteiger partial charge in [-0.2, -0.15) is 0 Å². The van der Waals surface area contributed by atoms with Crippen LogP contribution in [0.25, 0.3) is 11.0 Å². The number of aryl methyl sites for hydroxylation is 2. The SMILES string of the molecule is CCCCCCc1ccc(Cn2c(C)nc3ccc(C(=O)NS(=O)(=O)CCCC)cc32)c(Cl)c1. The number of nitrogens with one attached hydrogen (secondary N) is 1. The van der Waals surface area contributed by atoms with Crippen molar-refractivity contribution in [1.82, 2.24) is 14.3 Å². The van der Waals surface area contributed by atoms with Crippen molar-refractivity contribution < 1.29 is 13.2 Å². The van der Waals surface area contributed by atoms with Gasteiger partial charge in [0.2, 0.25) is 10.0 Å². The van der Waals surface area contributed by atoms with E-state index in [-0.39, 0.29) is 11.3 Å². The Morgan fingerprint density at radius 1 is 1.03 bits per heavy atom. The highest BCUT2D eigenvalue weighted by Gasteiger charge is 2.18. The number of carbonyl (C=O) groups excluding carboxylic acids is 1. The van der Waals surface area contributed by atoms with Gasteiger partial charge >= 0.3 is 0 Å². The van der Waals surface area contributed by atoms with Crippen LogP contribution in [0, 0.1) is 6.92 Å². The number of hydrogen-bond acceptors (Lipinski definition) is 4. The molecule has 0 spiro atoms. The first-order valence-corrected chi connectivity index (χ1v) is 14.1. The van der Waals surface area contributed by atoms with Crippen molar-refractivity contribution in [3.05, 3.63) is 63.9 Å². The fourth-order valence-electron chi connectivity index (χ4n) is 3.97. The van der Waals surface area contributed by atoms with Crippen LogP contribution in [-0.4, -0.2) is 29.6 Å². The lowest BCUT2D eigenvalue weighted by Gasteiger charge is -2.11. The molecule has 2 aromatic carbocycles. The summed E-state index contributed by atoms with van der Waals surface area (Å²) in [5.74, 6) is 0.0958. The van der Waals surface area contributed by atoms with E-state index in [2.05, 4.69) is 28.8 Å². The molecule has 34 heavy (non-hydrogen) atoms. The summed E-state index contributed by atoms with van der Waals surface area (Å²) in [6, 6.07) is 11.3. The normalized spacial score (nSPS) is 11.8. The molecule has 0 radical (unpaired) electrons. The number of hydrogen-bond donors (Lipinski definition) is 1. The highest BCUT2D eigenvalue weighted by atomic mass is 35.5. The number of aromatic nitrogens is 2. The van der Waals surface area contributed by atoms with Gasteiger partial charge in [0.25, 0.3) is 5.91 Å². The second kappa shape index (κ2) is 11.8. The molecule has 0 atom stereocenters. The second-order valence-electron chi connectivity index (χ2n) is 8.79. The van der Waals surface area contributed by atoms with E-state index in [0.29, 0.717) is 18.0 Å². The van der Waals surface area contributed by atoms with E-state index < -0.39 is 15.9 Å². The first-order valence-electron chi connectivity index (χ1n) is 12.0. The predicted octanol–water partition coefficient (Wildman–Crippen LogP) is 6.03. The molecule has 1 N–H and O–H groups in total. The maximum absolute atomic E-state index is 12.6. The van der Waals surface area contributed by atoms with E-state index in [0.717, 1.165) is 41.7 Å². The number of imidazole rings is 1. The summed E-state index contributed by atoms with van der Waals surface area (Å²) in [6.07, 6.45) is 7.12. The zero-order chi connectivity index (χ0) is 24.7. The average Bonchev–Trinajstić information content (AvgIpc) is 3.11. The maximum Gasteiger partial charge on any atom is 0.264 e. The molecular formula is C26H34ClN3O3S. The lowest BCUT2D eigenvalue weighted by molar-refractivity contribution is 0.0981. The number of carbonyl (C=O) groups is 1. The minimum Gasteiger partial charge on any atom is -0.324 e. The van der Waals surface area contributed by atoms with E-state index in [1.165, 1.54) is 24.8 Å². The molecule has 0 aliphatic carbocycles. The average molecular weight is 504 g/mol. The zero-order valence-electron chi connectivity index (χ0n) is 20.2. The van der Waals surface area contributed by atoms with Crippen molar-refractivity contribution >= 4 is 38.6 Å². The van der Waals surface area contributed by atoms with Crippen LogP contribution in [0.4, 0.5) is 0 Å². The van der Waals surface area contributed by atoms with Crippen LogP contribution in [0.3, 0.4) is 0 Å². The molecule has 0 bridgehead atoms. The third-order valence-electron chi connectivity index (χ3n) is 5.98. The van der Waals surface area contributed by atoms with Gasteiger partial charge in [-0.15, -0.1) is 0 Å². The minimum absolute atomic E-state index is 0.0678.